The van der Waals surface area contributed by atoms with Gasteiger partial charge in [-0.05, 0) is 18.6 Å². The standard InChI is InChI=1S/C19H25N5OS/c1-5-15(18(25)20-11-13-12-26-19(21-13)23(3)4)24-16-10-8-7-9-14(16)22-17(24)6-2/h7-10,12,15H,5-6,11H2,1-4H3,(H,20,25)/t15-/m1/s1. The molecule has 0 unspecified atom stereocenters. The Morgan fingerprint density at radius 1 is 1.27 bits per heavy atom. The summed E-state index contributed by atoms with van der Waals surface area (Å²) in [6.45, 7) is 4.54. The number of hydrogen-bond donors (Lipinski definition) is 1. The number of thiazole rings is 1. The Morgan fingerprint density at radius 2 is 2.04 bits per heavy atom. The van der Waals surface area contributed by atoms with E-state index in [1.807, 2.05) is 55.6 Å². The average molecular weight is 372 g/mol. The smallest absolute Gasteiger partial charge is 0.243 e. The van der Waals surface area contributed by atoms with Crippen LogP contribution in [0, 0.1) is 0 Å². The van der Waals surface area contributed by atoms with Gasteiger partial charge in [0.25, 0.3) is 0 Å². The molecule has 3 rings (SSSR count). The summed E-state index contributed by atoms with van der Waals surface area (Å²) in [7, 11) is 3.93. The predicted molar refractivity (Wildman–Crippen MR) is 107 cm³/mol. The first-order valence-corrected chi connectivity index (χ1v) is 9.78. The molecule has 0 aliphatic rings. The molecule has 0 aliphatic heterocycles. The second kappa shape index (κ2) is 7.86. The number of hydrogen-bond acceptors (Lipinski definition) is 5. The highest BCUT2D eigenvalue weighted by Gasteiger charge is 2.23. The predicted octanol–water partition coefficient (Wildman–Crippen LogP) is 3.39. The van der Waals surface area contributed by atoms with Crippen molar-refractivity contribution in [2.24, 2.45) is 0 Å². The van der Waals surface area contributed by atoms with Crippen LogP contribution < -0.4 is 10.2 Å². The van der Waals surface area contributed by atoms with E-state index in [2.05, 4.69) is 21.8 Å². The van der Waals surface area contributed by atoms with E-state index in [0.717, 1.165) is 34.1 Å². The third-order valence-corrected chi connectivity index (χ3v) is 5.41. The van der Waals surface area contributed by atoms with E-state index in [9.17, 15) is 4.79 Å². The molecule has 3 aromatic rings. The van der Waals surface area contributed by atoms with Crippen LogP contribution in [0.15, 0.2) is 29.6 Å². The minimum absolute atomic E-state index is 0.00440. The summed E-state index contributed by atoms with van der Waals surface area (Å²) >= 11 is 1.58. The fraction of sp³-hybridized carbons (Fsp3) is 0.421. The van der Waals surface area contributed by atoms with Crippen LogP contribution >= 0.6 is 11.3 Å². The van der Waals surface area contributed by atoms with Crippen LogP contribution in [-0.4, -0.2) is 34.5 Å². The lowest BCUT2D eigenvalue weighted by molar-refractivity contribution is -0.124. The largest absolute Gasteiger partial charge is 0.354 e. The maximum atomic E-state index is 12.9. The number of nitrogens with zero attached hydrogens (tertiary/aromatic N) is 4. The highest BCUT2D eigenvalue weighted by molar-refractivity contribution is 7.13. The second-order valence-corrected chi connectivity index (χ2v) is 7.23. The van der Waals surface area contributed by atoms with Crippen molar-refractivity contribution in [1.29, 1.82) is 0 Å². The van der Waals surface area contributed by atoms with Gasteiger partial charge in [-0.1, -0.05) is 26.0 Å². The summed E-state index contributed by atoms with van der Waals surface area (Å²) in [5.41, 5.74) is 2.83. The van der Waals surface area contributed by atoms with E-state index in [-0.39, 0.29) is 11.9 Å². The molecule has 6 nitrogen and oxygen atoms in total. The van der Waals surface area contributed by atoms with E-state index < -0.39 is 0 Å². The Balaban J connectivity index is 1.81. The van der Waals surface area contributed by atoms with Crippen molar-refractivity contribution < 1.29 is 4.79 Å². The van der Waals surface area contributed by atoms with Crippen molar-refractivity contribution in [2.75, 3.05) is 19.0 Å². The van der Waals surface area contributed by atoms with Crippen molar-refractivity contribution in [3.8, 4) is 0 Å². The third-order valence-electron chi connectivity index (χ3n) is 4.35. The number of fused-ring (bicyclic) bond motifs is 1. The van der Waals surface area contributed by atoms with Gasteiger partial charge in [0, 0.05) is 25.9 Å². The highest BCUT2D eigenvalue weighted by atomic mass is 32.1. The zero-order valence-electron chi connectivity index (χ0n) is 15.7. The van der Waals surface area contributed by atoms with Crippen LogP contribution in [0.1, 0.15) is 37.8 Å². The van der Waals surface area contributed by atoms with Crippen LogP contribution in [0.25, 0.3) is 11.0 Å². The molecule has 2 heterocycles. The summed E-state index contributed by atoms with van der Waals surface area (Å²) in [6.07, 6.45) is 1.50. The number of aromatic nitrogens is 3. The summed E-state index contributed by atoms with van der Waals surface area (Å²) in [5, 5.41) is 5.97. The number of imidazole rings is 1. The van der Waals surface area contributed by atoms with Gasteiger partial charge in [-0.3, -0.25) is 4.79 Å². The van der Waals surface area contributed by atoms with Gasteiger partial charge in [-0.15, -0.1) is 11.3 Å². The van der Waals surface area contributed by atoms with Crippen LogP contribution in [0.2, 0.25) is 0 Å². The molecule has 2 aromatic heterocycles. The van der Waals surface area contributed by atoms with Gasteiger partial charge in [0.05, 0.1) is 23.3 Å². The average Bonchev–Trinajstić information content (AvgIpc) is 3.26. The third kappa shape index (κ3) is 3.58. The van der Waals surface area contributed by atoms with Crippen molar-refractivity contribution in [2.45, 2.75) is 39.3 Å². The van der Waals surface area contributed by atoms with Crippen molar-refractivity contribution in [3.63, 3.8) is 0 Å². The highest BCUT2D eigenvalue weighted by Crippen LogP contribution is 2.24. The number of nitrogens with one attached hydrogen (secondary N) is 1. The molecule has 138 valence electrons. The molecule has 1 N–H and O–H groups in total. The van der Waals surface area contributed by atoms with Gasteiger partial charge in [0.1, 0.15) is 11.9 Å². The van der Waals surface area contributed by atoms with Crippen molar-refractivity contribution >= 4 is 33.4 Å². The van der Waals surface area contributed by atoms with Crippen LogP contribution in [0.3, 0.4) is 0 Å². The number of para-hydroxylation sites is 2. The topological polar surface area (TPSA) is 63.1 Å². The minimum Gasteiger partial charge on any atom is -0.354 e. The maximum absolute atomic E-state index is 12.9. The number of carbonyl (C=O) groups excluding carboxylic acids is 1. The molecule has 0 fully saturated rings. The molecule has 1 aromatic carbocycles. The van der Waals surface area contributed by atoms with Gasteiger partial charge in [-0.2, -0.15) is 0 Å². The molecule has 0 aliphatic carbocycles. The number of rotatable bonds is 7. The first-order valence-electron chi connectivity index (χ1n) is 8.90. The molecule has 0 spiro atoms. The number of benzene rings is 1. The Bertz CT molecular complexity index is 898. The molecule has 1 atom stereocenters. The second-order valence-electron chi connectivity index (χ2n) is 6.40. The van der Waals surface area contributed by atoms with Gasteiger partial charge in [-0.25, -0.2) is 9.97 Å². The fourth-order valence-electron chi connectivity index (χ4n) is 3.06. The monoisotopic (exact) mass is 371 g/mol. The summed E-state index contributed by atoms with van der Waals surface area (Å²) in [6, 6.07) is 7.71. The van der Waals surface area contributed by atoms with E-state index in [4.69, 9.17) is 4.98 Å². The van der Waals surface area contributed by atoms with Gasteiger partial charge < -0.3 is 14.8 Å². The van der Waals surface area contributed by atoms with Crippen molar-refractivity contribution in [3.05, 3.63) is 41.2 Å². The van der Waals surface area contributed by atoms with Crippen LogP contribution in [-0.2, 0) is 17.8 Å². The van der Waals surface area contributed by atoms with Gasteiger partial charge in [0.15, 0.2) is 5.13 Å². The molecular formula is C19H25N5OS. The zero-order chi connectivity index (χ0) is 18.7. The summed E-state index contributed by atoms with van der Waals surface area (Å²) < 4.78 is 2.08. The van der Waals surface area contributed by atoms with Gasteiger partial charge in [0.2, 0.25) is 5.91 Å². The molecule has 0 saturated carbocycles. The Kier molecular flexibility index (Phi) is 5.56. The Morgan fingerprint density at radius 3 is 2.69 bits per heavy atom. The minimum atomic E-state index is -0.274. The van der Waals surface area contributed by atoms with Gasteiger partial charge >= 0.3 is 0 Å². The normalized spacial score (nSPS) is 12.3. The SMILES string of the molecule is CCc1nc2ccccc2n1[C@H](CC)C(=O)NCc1csc(N(C)C)n1. The lowest BCUT2D eigenvalue weighted by Gasteiger charge is -2.19. The van der Waals surface area contributed by atoms with E-state index in [0.29, 0.717) is 13.0 Å². The Labute approximate surface area is 157 Å². The summed E-state index contributed by atoms with van der Waals surface area (Å²) in [4.78, 5) is 24.1. The van der Waals surface area contributed by atoms with Crippen LogP contribution in [0.5, 0.6) is 0 Å². The van der Waals surface area contributed by atoms with E-state index in [1.54, 1.807) is 11.3 Å². The number of aryl methyl sites for hydroxylation is 1. The molecular weight excluding hydrogens is 346 g/mol. The van der Waals surface area contributed by atoms with Crippen molar-refractivity contribution in [1.82, 2.24) is 19.9 Å². The quantitative estimate of drug-likeness (QED) is 0.691. The fourth-order valence-corrected chi connectivity index (χ4v) is 3.81. The zero-order valence-corrected chi connectivity index (χ0v) is 16.5. The Hall–Kier alpha value is -2.41. The molecule has 0 bridgehead atoms. The lowest BCUT2D eigenvalue weighted by Crippen LogP contribution is -2.32. The number of amides is 1. The molecule has 26 heavy (non-hydrogen) atoms. The molecule has 0 saturated heterocycles. The maximum Gasteiger partial charge on any atom is 0.243 e. The molecule has 7 heteroatoms. The van der Waals surface area contributed by atoms with E-state index in [1.165, 1.54) is 0 Å². The van der Waals surface area contributed by atoms with Crippen LogP contribution in [0.4, 0.5) is 5.13 Å². The lowest BCUT2D eigenvalue weighted by atomic mass is 10.2. The number of carbonyl (C=O) groups is 1. The first-order chi connectivity index (χ1) is 12.5. The number of anilines is 1. The van der Waals surface area contributed by atoms with E-state index >= 15 is 0 Å². The molecule has 0 radical (unpaired) electrons. The molecule has 1 amide bonds. The first kappa shape index (κ1) is 18.4. The summed E-state index contributed by atoms with van der Waals surface area (Å²) in [5.74, 6) is 0.946.